The Kier molecular flexibility index (Phi) is 6.49. The van der Waals surface area contributed by atoms with Gasteiger partial charge in [-0.2, -0.15) is 13.2 Å². The predicted molar refractivity (Wildman–Crippen MR) is 121 cm³/mol. The highest BCUT2D eigenvalue weighted by Gasteiger charge is 2.49. The highest BCUT2D eigenvalue weighted by Crippen LogP contribution is 2.45. The van der Waals surface area contributed by atoms with E-state index in [2.05, 4.69) is 20.8 Å². The van der Waals surface area contributed by atoms with Gasteiger partial charge in [0, 0.05) is 48.1 Å². The molecule has 176 valence electrons. The molecule has 0 fully saturated rings. The highest BCUT2D eigenvalue weighted by molar-refractivity contribution is 8.01. The van der Waals surface area contributed by atoms with Gasteiger partial charge in [0.15, 0.2) is 0 Å². The maximum absolute atomic E-state index is 13.6. The van der Waals surface area contributed by atoms with Crippen LogP contribution in [0.3, 0.4) is 0 Å². The molecule has 2 aromatic heterocycles. The quantitative estimate of drug-likeness (QED) is 0.479. The van der Waals surface area contributed by atoms with Crippen molar-refractivity contribution in [1.82, 2.24) is 20.8 Å². The Bertz CT molecular complexity index is 1240. The molecule has 1 atom stereocenters. The molecule has 4 rings (SSSR count). The number of allylic oxidation sites excluding steroid dienone is 2. The third kappa shape index (κ3) is 4.85. The van der Waals surface area contributed by atoms with Crippen molar-refractivity contribution in [2.24, 2.45) is 0 Å². The molecule has 1 aliphatic heterocycles. The van der Waals surface area contributed by atoms with E-state index in [1.165, 1.54) is 12.3 Å². The van der Waals surface area contributed by atoms with Gasteiger partial charge in [-0.15, -0.1) is 0 Å². The standard InChI is InChI=1S/C23H19F3N4O3S/c1-14-19(20(30-33-14)15-7-4-3-5-8-15)21(31)28-18-11-10-17(16-9-6-12-27-13-16)29-22(18,32-2)34-23(24,25)26/h3-13,29H,1-2H3,(H,28,31). The number of nitrogens with one attached hydrogen (secondary N) is 2. The van der Waals surface area contributed by atoms with Gasteiger partial charge in [0.05, 0.1) is 5.70 Å². The molecule has 1 unspecified atom stereocenters. The number of aromatic nitrogens is 2. The fourth-order valence-corrected chi connectivity index (χ4v) is 4.24. The van der Waals surface area contributed by atoms with E-state index in [9.17, 15) is 18.0 Å². The number of carbonyl (C=O) groups is 1. The molecule has 0 bridgehead atoms. The number of ether oxygens (including phenoxy) is 1. The number of pyridine rings is 1. The number of dihydropyridines is 1. The second-order valence-corrected chi connectivity index (χ2v) is 8.42. The van der Waals surface area contributed by atoms with Gasteiger partial charge in [0.2, 0.25) is 5.06 Å². The summed E-state index contributed by atoms with van der Waals surface area (Å²) in [7, 11) is 1.12. The zero-order valence-electron chi connectivity index (χ0n) is 18.0. The number of carbonyl (C=O) groups excluding carboxylic acids is 1. The van der Waals surface area contributed by atoms with E-state index < -0.39 is 28.2 Å². The summed E-state index contributed by atoms with van der Waals surface area (Å²) in [5.74, 6) is -0.466. The summed E-state index contributed by atoms with van der Waals surface area (Å²) in [6, 6.07) is 12.2. The SMILES string of the molecule is COC1(SC(F)(F)F)NC(c2cccnc2)=CC=C1NC(=O)c1c(-c2ccccc2)noc1C. The van der Waals surface area contributed by atoms with Crippen molar-refractivity contribution in [2.45, 2.75) is 17.5 Å². The van der Waals surface area contributed by atoms with Crippen LogP contribution >= 0.6 is 11.8 Å². The van der Waals surface area contributed by atoms with Crippen LogP contribution in [0.1, 0.15) is 21.7 Å². The molecule has 3 heterocycles. The molecule has 0 spiro atoms. The van der Waals surface area contributed by atoms with Crippen LogP contribution in [0.5, 0.6) is 0 Å². The number of alkyl halides is 3. The lowest BCUT2D eigenvalue weighted by molar-refractivity contribution is -0.0411. The molecule has 0 saturated carbocycles. The number of aryl methyl sites for hydroxylation is 1. The first-order valence-electron chi connectivity index (χ1n) is 9.98. The molecule has 34 heavy (non-hydrogen) atoms. The van der Waals surface area contributed by atoms with Crippen molar-refractivity contribution in [2.75, 3.05) is 7.11 Å². The minimum Gasteiger partial charge on any atom is -0.360 e. The van der Waals surface area contributed by atoms with Gasteiger partial charge in [-0.25, -0.2) is 0 Å². The largest absolute Gasteiger partial charge is 0.446 e. The summed E-state index contributed by atoms with van der Waals surface area (Å²) in [4.78, 5) is 17.3. The Labute approximate surface area is 197 Å². The Morgan fingerprint density at radius 3 is 2.53 bits per heavy atom. The molecule has 2 N–H and O–H groups in total. The topological polar surface area (TPSA) is 89.3 Å². The number of hydrogen-bond donors (Lipinski definition) is 2. The zero-order valence-corrected chi connectivity index (χ0v) is 18.8. The summed E-state index contributed by atoms with van der Waals surface area (Å²) < 4.78 is 51.3. The molecule has 0 radical (unpaired) electrons. The lowest BCUT2D eigenvalue weighted by atomic mass is 10.1. The molecule has 1 aromatic carbocycles. The van der Waals surface area contributed by atoms with Crippen molar-refractivity contribution in [3.63, 3.8) is 0 Å². The van der Waals surface area contributed by atoms with Crippen LogP contribution in [0.2, 0.25) is 0 Å². The van der Waals surface area contributed by atoms with Crippen LogP contribution in [-0.4, -0.2) is 33.7 Å². The van der Waals surface area contributed by atoms with Gasteiger partial charge < -0.3 is 19.9 Å². The number of rotatable bonds is 6. The first kappa shape index (κ1) is 23.6. The van der Waals surface area contributed by atoms with Crippen LogP contribution < -0.4 is 10.6 Å². The summed E-state index contributed by atoms with van der Waals surface area (Å²) in [6.07, 6.45) is 5.96. The van der Waals surface area contributed by atoms with Crippen molar-refractivity contribution in [3.05, 3.63) is 89.6 Å². The highest BCUT2D eigenvalue weighted by atomic mass is 32.2. The number of methoxy groups -OCH3 is 1. The normalized spacial score (nSPS) is 18.0. The molecule has 11 heteroatoms. The van der Waals surface area contributed by atoms with Gasteiger partial charge in [0.25, 0.3) is 5.91 Å². The first-order valence-corrected chi connectivity index (χ1v) is 10.8. The van der Waals surface area contributed by atoms with Crippen LogP contribution in [0.4, 0.5) is 13.2 Å². The van der Waals surface area contributed by atoms with E-state index in [-0.39, 0.29) is 22.7 Å². The Hall–Kier alpha value is -3.57. The molecular weight excluding hydrogens is 469 g/mol. The number of amides is 1. The summed E-state index contributed by atoms with van der Waals surface area (Å²) in [5, 5.41) is 7.13. The van der Waals surface area contributed by atoms with Gasteiger partial charge >= 0.3 is 5.51 Å². The summed E-state index contributed by atoms with van der Waals surface area (Å²) in [6.45, 7) is 1.55. The number of nitrogens with zero attached hydrogens (tertiary/aromatic N) is 2. The molecule has 0 aliphatic carbocycles. The number of hydrogen-bond acceptors (Lipinski definition) is 7. The van der Waals surface area contributed by atoms with E-state index in [1.54, 1.807) is 55.6 Å². The maximum Gasteiger partial charge on any atom is 0.446 e. The minimum atomic E-state index is -4.69. The van der Waals surface area contributed by atoms with Gasteiger partial charge in [-0.1, -0.05) is 35.5 Å². The second kappa shape index (κ2) is 9.35. The van der Waals surface area contributed by atoms with E-state index in [0.29, 0.717) is 16.8 Å². The number of thioether (sulfide) groups is 1. The molecule has 3 aromatic rings. The first-order chi connectivity index (χ1) is 16.2. The van der Waals surface area contributed by atoms with Gasteiger partial charge in [-0.3, -0.25) is 9.78 Å². The average Bonchev–Trinajstić information content (AvgIpc) is 3.22. The lowest BCUT2D eigenvalue weighted by Crippen LogP contribution is -2.52. The average molecular weight is 488 g/mol. The van der Waals surface area contributed by atoms with Gasteiger partial charge in [-0.05, 0) is 31.2 Å². The molecule has 0 saturated heterocycles. The van der Waals surface area contributed by atoms with Crippen LogP contribution in [0.25, 0.3) is 17.0 Å². The van der Waals surface area contributed by atoms with Crippen LogP contribution in [0.15, 0.2) is 77.2 Å². The summed E-state index contributed by atoms with van der Waals surface area (Å²) in [5.41, 5.74) is -2.93. The van der Waals surface area contributed by atoms with E-state index in [4.69, 9.17) is 9.26 Å². The smallest absolute Gasteiger partial charge is 0.360 e. The van der Waals surface area contributed by atoms with Crippen molar-refractivity contribution in [3.8, 4) is 11.3 Å². The van der Waals surface area contributed by atoms with Crippen molar-refractivity contribution < 1.29 is 27.2 Å². The minimum absolute atomic E-state index is 0.108. The van der Waals surface area contributed by atoms with E-state index in [1.807, 2.05) is 6.07 Å². The van der Waals surface area contributed by atoms with Crippen molar-refractivity contribution >= 4 is 23.4 Å². The second-order valence-electron chi connectivity index (χ2n) is 7.18. The molecular formula is C23H19F3N4O3S. The fraction of sp³-hybridized carbons (Fsp3) is 0.174. The van der Waals surface area contributed by atoms with E-state index in [0.717, 1.165) is 7.11 Å². The van der Waals surface area contributed by atoms with Crippen molar-refractivity contribution in [1.29, 1.82) is 0 Å². The maximum atomic E-state index is 13.6. The Balaban J connectivity index is 1.73. The lowest BCUT2D eigenvalue weighted by Gasteiger charge is -2.38. The predicted octanol–water partition coefficient (Wildman–Crippen LogP) is 4.86. The Morgan fingerprint density at radius 1 is 1.15 bits per heavy atom. The van der Waals surface area contributed by atoms with Gasteiger partial charge in [0.1, 0.15) is 17.0 Å². The third-order valence-corrected chi connectivity index (χ3v) is 5.98. The third-order valence-electron chi connectivity index (χ3n) is 4.98. The molecule has 1 amide bonds. The van der Waals surface area contributed by atoms with E-state index >= 15 is 0 Å². The van der Waals surface area contributed by atoms with Crippen LogP contribution in [0, 0.1) is 6.92 Å². The van der Waals surface area contributed by atoms with Crippen LogP contribution in [-0.2, 0) is 4.74 Å². The fourth-order valence-electron chi connectivity index (χ4n) is 3.44. The molecule has 7 nitrogen and oxygen atoms in total. The molecule has 1 aliphatic rings. The summed E-state index contributed by atoms with van der Waals surface area (Å²) >= 11 is -0.441. The zero-order chi connectivity index (χ0) is 24.3. The number of halogens is 3. The Morgan fingerprint density at radius 2 is 1.88 bits per heavy atom. The number of benzene rings is 1. The monoisotopic (exact) mass is 488 g/mol.